The number of nitrogens with one attached hydrogen (secondary N) is 1. The van der Waals surface area contributed by atoms with Gasteiger partial charge in [0.2, 0.25) is 5.82 Å². The lowest BCUT2D eigenvalue weighted by molar-refractivity contribution is -0.384. The summed E-state index contributed by atoms with van der Waals surface area (Å²) >= 11 is 9.01. The highest BCUT2D eigenvalue weighted by molar-refractivity contribution is 9.10. The first-order valence-corrected chi connectivity index (χ1v) is 6.94. The molecule has 0 saturated heterocycles. The van der Waals surface area contributed by atoms with E-state index in [0.29, 0.717) is 5.56 Å². The normalized spacial score (nSPS) is 10.2. The average Bonchev–Trinajstić information content (AvgIpc) is 2.37. The summed E-state index contributed by atoms with van der Waals surface area (Å²) in [5.41, 5.74) is 0.809. The molecule has 1 N–H and O–H groups in total. The summed E-state index contributed by atoms with van der Waals surface area (Å²) in [6.45, 7) is 1.76. The molecule has 21 heavy (non-hydrogen) atoms. The average molecular weight is 371 g/mol. The van der Waals surface area contributed by atoms with Crippen LogP contribution in [0.2, 0.25) is 5.15 Å². The molecular formula is C13H9BrClN3O3. The summed E-state index contributed by atoms with van der Waals surface area (Å²) in [7, 11) is 0. The number of hydrogen-bond acceptors (Lipinski definition) is 4. The first-order valence-electron chi connectivity index (χ1n) is 5.77. The Hall–Kier alpha value is -1.99. The highest BCUT2D eigenvalue weighted by Crippen LogP contribution is 2.25. The monoisotopic (exact) mass is 369 g/mol. The number of amides is 1. The van der Waals surface area contributed by atoms with Crippen LogP contribution in [0.3, 0.4) is 0 Å². The number of pyridine rings is 1. The van der Waals surface area contributed by atoms with E-state index in [4.69, 9.17) is 11.6 Å². The largest absolute Gasteiger partial charge is 0.311 e. The number of halogens is 2. The van der Waals surface area contributed by atoms with Crippen molar-refractivity contribution in [1.29, 1.82) is 0 Å². The van der Waals surface area contributed by atoms with Gasteiger partial charge in [-0.05, 0) is 36.8 Å². The SMILES string of the molecule is Cc1cc(Br)ccc1C(=O)Nc1nc(Cl)ccc1[N+](=O)[O-]. The topological polar surface area (TPSA) is 85.1 Å². The lowest BCUT2D eigenvalue weighted by Gasteiger charge is -2.08. The minimum absolute atomic E-state index is 0.0587. The predicted octanol–water partition coefficient (Wildman–Crippen LogP) is 3.97. The highest BCUT2D eigenvalue weighted by atomic mass is 79.9. The molecule has 6 nitrogen and oxygen atoms in total. The lowest BCUT2D eigenvalue weighted by Crippen LogP contribution is -2.15. The lowest BCUT2D eigenvalue weighted by atomic mass is 10.1. The van der Waals surface area contributed by atoms with Gasteiger partial charge < -0.3 is 5.32 Å². The molecule has 0 aliphatic carbocycles. The van der Waals surface area contributed by atoms with Crippen LogP contribution >= 0.6 is 27.5 Å². The van der Waals surface area contributed by atoms with E-state index in [9.17, 15) is 14.9 Å². The van der Waals surface area contributed by atoms with Crippen LogP contribution in [0.4, 0.5) is 11.5 Å². The fourth-order valence-corrected chi connectivity index (χ4v) is 2.35. The number of anilines is 1. The molecule has 2 rings (SSSR count). The Bertz CT molecular complexity index is 737. The molecule has 0 unspecified atom stereocenters. The molecule has 0 radical (unpaired) electrons. The third-order valence-corrected chi connectivity index (χ3v) is 3.41. The van der Waals surface area contributed by atoms with Crippen LogP contribution in [0.25, 0.3) is 0 Å². The molecule has 0 aliphatic rings. The Morgan fingerprint density at radius 1 is 1.38 bits per heavy atom. The molecule has 1 aromatic heterocycles. The van der Waals surface area contributed by atoms with Crippen LogP contribution in [-0.2, 0) is 0 Å². The first-order chi connectivity index (χ1) is 9.88. The predicted molar refractivity (Wildman–Crippen MR) is 82.7 cm³/mol. The van der Waals surface area contributed by atoms with Crippen molar-refractivity contribution in [2.75, 3.05) is 5.32 Å². The van der Waals surface area contributed by atoms with Crippen molar-refractivity contribution >= 4 is 44.9 Å². The van der Waals surface area contributed by atoms with E-state index in [-0.39, 0.29) is 16.7 Å². The summed E-state index contributed by atoms with van der Waals surface area (Å²) in [6.07, 6.45) is 0. The van der Waals surface area contributed by atoms with E-state index in [1.165, 1.54) is 12.1 Å². The van der Waals surface area contributed by atoms with Crippen molar-refractivity contribution in [3.05, 3.63) is 61.2 Å². The van der Waals surface area contributed by atoms with Crippen LogP contribution in [0.5, 0.6) is 0 Å². The molecule has 0 fully saturated rings. The van der Waals surface area contributed by atoms with E-state index in [0.717, 1.165) is 10.0 Å². The summed E-state index contributed by atoms with van der Waals surface area (Å²) in [5.74, 6) is -0.669. The number of carbonyl (C=O) groups excluding carboxylic acids is 1. The number of nitrogens with zero attached hydrogens (tertiary/aromatic N) is 2. The molecule has 1 amide bonds. The van der Waals surface area contributed by atoms with Crippen molar-refractivity contribution in [3.63, 3.8) is 0 Å². The number of hydrogen-bond donors (Lipinski definition) is 1. The summed E-state index contributed by atoms with van der Waals surface area (Å²) in [5, 5.41) is 13.4. The van der Waals surface area contributed by atoms with Crippen LogP contribution < -0.4 is 5.32 Å². The minimum Gasteiger partial charge on any atom is -0.301 e. The maximum Gasteiger partial charge on any atom is 0.311 e. The Morgan fingerprint density at radius 2 is 2.10 bits per heavy atom. The van der Waals surface area contributed by atoms with E-state index in [1.54, 1.807) is 25.1 Å². The van der Waals surface area contributed by atoms with Gasteiger partial charge in [-0.1, -0.05) is 27.5 Å². The third kappa shape index (κ3) is 3.56. The molecule has 108 valence electrons. The molecule has 2 aromatic rings. The zero-order chi connectivity index (χ0) is 15.6. The van der Waals surface area contributed by atoms with Gasteiger partial charge in [-0.25, -0.2) is 4.98 Å². The zero-order valence-corrected chi connectivity index (χ0v) is 13.1. The Labute approximate surface area is 133 Å². The van der Waals surface area contributed by atoms with Crippen molar-refractivity contribution < 1.29 is 9.72 Å². The number of benzene rings is 1. The summed E-state index contributed by atoms with van der Waals surface area (Å²) < 4.78 is 0.836. The van der Waals surface area contributed by atoms with E-state index in [1.807, 2.05) is 0 Å². The van der Waals surface area contributed by atoms with E-state index >= 15 is 0 Å². The van der Waals surface area contributed by atoms with Gasteiger partial charge in [0, 0.05) is 16.1 Å². The Balaban J connectivity index is 2.35. The van der Waals surface area contributed by atoms with Crippen molar-refractivity contribution in [2.24, 2.45) is 0 Å². The third-order valence-electron chi connectivity index (χ3n) is 2.70. The first kappa shape index (κ1) is 15.4. The van der Waals surface area contributed by atoms with Gasteiger partial charge in [0.05, 0.1) is 4.92 Å². The Morgan fingerprint density at radius 3 is 2.71 bits per heavy atom. The number of carbonyl (C=O) groups is 1. The molecule has 0 saturated carbocycles. The molecule has 8 heteroatoms. The number of nitro groups is 1. The van der Waals surface area contributed by atoms with Crippen LogP contribution in [0, 0.1) is 17.0 Å². The minimum atomic E-state index is -0.632. The molecule has 1 aromatic carbocycles. The van der Waals surface area contributed by atoms with E-state index in [2.05, 4.69) is 26.2 Å². The standard InChI is InChI=1S/C13H9BrClN3O3/c1-7-6-8(14)2-3-9(7)13(19)17-12-10(18(20)21)4-5-11(15)16-12/h2-6H,1H3,(H,16,17,19). The van der Waals surface area contributed by atoms with Gasteiger partial charge in [-0.3, -0.25) is 14.9 Å². The molecule has 0 spiro atoms. The summed E-state index contributed by atoms with van der Waals surface area (Å²) in [6, 6.07) is 7.58. The van der Waals surface area contributed by atoms with Gasteiger partial charge in [-0.15, -0.1) is 0 Å². The van der Waals surface area contributed by atoms with E-state index < -0.39 is 10.8 Å². The fraction of sp³-hybridized carbons (Fsp3) is 0.0769. The second-order valence-corrected chi connectivity index (χ2v) is 5.48. The highest BCUT2D eigenvalue weighted by Gasteiger charge is 2.19. The van der Waals surface area contributed by atoms with Crippen molar-refractivity contribution in [3.8, 4) is 0 Å². The Kier molecular flexibility index (Phi) is 4.54. The molecule has 0 bridgehead atoms. The second kappa shape index (κ2) is 6.19. The van der Waals surface area contributed by atoms with Gasteiger partial charge >= 0.3 is 5.69 Å². The number of rotatable bonds is 3. The van der Waals surface area contributed by atoms with Crippen LogP contribution in [0.15, 0.2) is 34.8 Å². The van der Waals surface area contributed by atoms with Gasteiger partial charge in [0.25, 0.3) is 5.91 Å². The molecule has 0 aliphatic heterocycles. The van der Waals surface area contributed by atoms with Crippen molar-refractivity contribution in [1.82, 2.24) is 4.98 Å². The fourth-order valence-electron chi connectivity index (χ4n) is 1.72. The molecule has 0 atom stereocenters. The quantitative estimate of drug-likeness (QED) is 0.503. The molecule has 1 heterocycles. The number of aromatic nitrogens is 1. The van der Waals surface area contributed by atoms with Crippen LogP contribution in [0.1, 0.15) is 15.9 Å². The van der Waals surface area contributed by atoms with Gasteiger partial charge in [0.15, 0.2) is 0 Å². The molecular weight excluding hydrogens is 362 g/mol. The number of aryl methyl sites for hydroxylation is 1. The zero-order valence-electron chi connectivity index (χ0n) is 10.8. The maximum atomic E-state index is 12.2. The van der Waals surface area contributed by atoms with Crippen molar-refractivity contribution in [2.45, 2.75) is 6.92 Å². The van der Waals surface area contributed by atoms with Gasteiger partial charge in [-0.2, -0.15) is 0 Å². The van der Waals surface area contributed by atoms with Crippen LogP contribution in [-0.4, -0.2) is 15.8 Å². The summed E-state index contributed by atoms with van der Waals surface area (Å²) in [4.78, 5) is 26.3. The van der Waals surface area contributed by atoms with Gasteiger partial charge in [0.1, 0.15) is 5.15 Å². The second-order valence-electron chi connectivity index (χ2n) is 4.17. The maximum absolute atomic E-state index is 12.2. The smallest absolute Gasteiger partial charge is 0.301 e.